The van der Waals surface area contributed by atoms with Crippen LogP contribution < -0.4 is 0 Å². The number of hydrogen-bond acceptors (Lipinski definition) is 4. The maximum Gasteiger partial charge on any atom is 0.267 e. The molecule has 1 aliphatic rings. The minimum absolute atomic E-state index is 0.127. The highest BCUT2D eigenvalue weighted by Crippen LogP contribution is 2.40. The van der Waals surface area contributed by atoms with Gasteiger partial charge in [-0.1, -0.05) is 12.1 Å². The molecule has 0 spiro atoms. The number of aromatic nitrogens is 5. The first-order valence-electron chi connectivity index (χ1n) is 9.52. The maximum absolute atomic E-state index is 14.3. The van der Waals surface area contributed by atoms with Crippen LogP contribution in [0.2, 0.25) is 0 Å². The summed E-state index contributed by atoms with van der Waals surface area (Å²) in [7, 11) is 0. The second-order valence-corrected chi connectivity index (χ2v) is 7.63. The first-order chi connectivity index (χ1) is 14.2. The highest BCUT2D eigenvalue weighted by Gasteiger charge is 2.49. The molecule has 1 fully saturated rings. The third-order valence-electron chi connectivity index (χ3n) is 5.19. The van der Waals surface area contributed by atoms with Gasteiger partial charge >= 0.3 is 0 Å². The van der Waals surface area contributed by atoms with Crippen LogP contribution in [-0.4, -0.2) is 47.8 Å². The minimum Gasteiger partial charge on any atom is -0.325 e. The fourth-order valence-electron chi connectivity index (χ4n) is 3.79. The second-order valence-electron chi connectivity index (χ2n) is 7.63. The zero-order chi connectivity index (χ0) is 21.5. The molecule has 1 atom stereocenters. The van der Waals surface area contributed by atoms with Gasteiger partial charge in [0.2, 0.25) is 5.91 Å². The molecule has 0 radical (unpaired) electrons. The first kappa shape index (κ1) is 20.1. The molecule has 0 unspecified atom stereocenters. The number of hydrogen-bond donors (Lipinski definition) is 0. The van der Waals surface area contributed by atoms with E-state index < -0.39 is 30.8 Å². The summed E-state index contributed by atoms with van der Waals surface area (Å²) in [6, 6.07) is 6.78. The van der Waals surface area contributed by atoms with Crippen LogP contribution in [0, 0.1) is 19.7 Å². The molecule has 0 aliphatic carbocycles. The van der Waals surface area contributed by atoms with Gasteiger partial charge in [-0.15, -0.1) is 10.2 Å². The molecule has 10 heteroatoms. The topological polar surface area (TPSA) is 68.8 Å². The Morgan fingerprint density at radius 2 is 1.97 bits per heavy atom. The SMILES string of the molecule is Cc1cc(C)n(CC(=O)N2CC(F)(F)C[C@H]2c2nncn2Cc2ccc(F)cc2)n1. The van der Waals surface area contributed by atoms with Gasteiger partial charge in [0.15, 0.2) is 5.82 Å². The third kappa shape index (κ3) is 4.07. The van der Waals surface area contributed by atoms with E-state index in [1.165, 1.54) is 23.1 Å². The molecule has 30 heavy (non-hydrogen) atoms. The zero-order valence-corrected chi connectivity index (χ0v) is 16.6. The zero-order valence-electron chi connectivity index (χ0n) is 16.6. The standard InChI is InChI=1S/C20H21F3N6O/c1-13-7-14(2)29(26-13)10-18(30)28-11-20(22,23)8-17(28)19-25-24-12-27(19)9-15-3-5-16(21)6-4-15/h3-7,12,17H,8-11H2,1-2H3/t17-/m0/s1. The Morgan fingerprint density at radius 3 is 2.63 bits per heavy atom. The number of alkyl halides is 2. The summed E-state index contributed by atoms with van der Waals surface area (Å²) in [6.07, 6.45) is 0.900. The van der Waals surface area contributed by atoms with Gasteiger partial charge in [0, 0.05) is 12.1 Å². The molecular weight excluding hydrogens is 397 g/mol. The van der Waals surface area contributed by atoms with E-state index in [1.807, 2.05) is 13.0 Å². The first-order valence-corrected chi connectivity index (χ1v) is 9.52. The van der Waals surface area contributed by atoms with Gasteiger partial charge in [-0.25, -0.2) is 13.2 Å². The van der Waals surface area contributed by atoms with Crippen molar-refractivity contribution in [1.82, 2.24) is 29.4 Å². The van der Waals surface area contributed by atoms with Gasteiger partial charge in [0.05, 0.1) is 24.8 Å². The molecule has 1 aliphatic heterocycles. The molecule has 0 bridgehead atoms. The van der Waals surface area contributed by atoms with Crippen LogP contribution in [0.4, 0.5) is 13.2 Å². The van der Waals surface area contributed by atoms with Crippen molar-refractivity contribution in [3.05, 3.63) is 65.3 Å². The molecule has 1 amide bonds. The molecule has 1 aromatic carbocycles. The number of carbonyl (C=O) groups is 1. The quantitative estimate of drug-likeness (QED) is 0.639. The number of rotatable bonds is 5. The average molecular weight is 418 g/mol. The van der Waals surface area contributed by atoms with Gasteiger partial charge in [-0.2, -0.15) is 5.10 Å². The Hall–Kier alpha value is -3.17. The molecule has 0 N–H and O–H groups in total. The van der Waals surface area contributed by atoms with E-state index in [1.54, 1.807) is 23.6 Å². The lowest BCUT2D eigenvalue weighted by Crippen LogP contribution is -2.36. The van der Waals surface area contributed by atoms with E-state index in [0.717, 1.165) is 21.9 Å². The lowest BCUT2D eigenvalue weighted by Gasteiger charge is -2.24. The predicted octanol–water partition coefficient (Wildman–Crippen LogP) is 2.89. The van der Waals surface area contributed by atoms with Crippen molar-refractivity contribution in [1.29, 1.82) is 0 Å². The summed E-state index contributed by atoms with van der Waals surface area (Å²) in [5.41, 5.74) is 2.30. The second kappa shape index (κ2) is 7.58. The van der Waals surface area contributed by atoms with Gasteiger partial charge in [0.1, 0.15) is 18.7 Å². The number of likely N-dealkylation sites (tertiary alicyclic amines) is 1. The van der Waals surface area contributed by atoms with E-state index in [4.69, 9.17) is 0 Å². The summed E-state index contributed by atoms with van der Waals surface area (Å²) < 4.78 is 44.9. The number of carbonyl (C=O) groups excluding carboxylic acids is 1. The lowest BCUT2D eigenvalue weighted by atomic mass is 10.1. The molecular formula is C20H21F3N6O. The van der Waals surface area contributed by atoms with Crippen LogP contribution in [0.3, 0.4) is 0 Å². The predicted molar refractivity (Wildman–Crippen MR) is 101 cm³/mol. The monoisotopic (exact) mass is 418 g/mol. The molecule has 0 saturated carbocycles. The van der Waals surface area contributed by atoms with E-state index in [2.05, 4.69) is 15.3 Å². The number of halogens is 3. The highest BCUT2D eigenvalue weighted by molar-refractivity contribution is 5.77. The van der Waals surface area contributed by atoms with Gasteiger partial charge in [-0.3, -0.25) is 9.48 Å². The summed E-state index contributed by atoms with van der Waals surface area (Å²) in [4.78, 5) is 14.1. The largest absolute Gasteiger partial charge is 0.325 e. The Morgan fingerprint density at radius 1 is 1.23 bits per heavy atom. The van der Waals surface area contributed by atoms with E-state index in [9.17, 15) is 18.0 Å². The van der Waals surface area contributed by atoms with Crippen LogP contribution in [0.1, 0.15) is 35.2 Å². The molecule has 158 valence electrons. The van der Waals surface area contributed by atoms with Crippen LogP contribution in [0.25, 0.3) is 0 Å². The van der Waals surface area contributed by atoms with Crippen LogP contribution in [0.15, 0.2) is 36.7 Å². The number of nitrogens with zero attached hydrogens (tertiary/aromatic N) is 6. The number of amides is 1. The summed E-state index contributed by atoms with van der Waals surface area (Å²) in [5, 5.41) is 12.1. The normalized spacial score (nSPS) is 18.2. The summed E-state index contributed by atoms with van der Waals surface area (Å²) in [6.45, 7) is 3.09. The fourth-order valence-corrected chi connectivity index (χ4v) is 3.79. The third-order valence-corrected chi connectivity index (χ3v) is 5.19. The van der Waals surface area contributed by atoms with Crippen molar-refractivity contribution in [3.8, 4) is 0 Å². The molecule has 7 nitrogen and oxygen atoms in total. The van der Waals surface area contributed by atoms with Crippen molar-refractivity contribution < 1.29 is 18.0 Å². The molecule has 3 heterocycles. The molecule has 3 aromatic rings. The van der Waals surface area contributed by atoms with Crippen molar-refractivity contribution >= 4 is 5.91 Å². The molecule has 1 saturated heterocycles. The highest BCUT2D eigenvalue weighted by atomic mass is 19.3. The van der Waals surface area contributed by atoms with Crippen molar-refractivity contribution in [2.75, 3.05) is 6.54 Å². The average Bonchev–Trinajstić information content (AvgIpc) is 3.34. The smallest absolute Gasteiger partial charge is 0.267 e. The number of aryl methyl sites for hydroxylation is 2. The van der Waals surface area contributed by atoms with Crippen molar-refractivity contribution in [2.45, 2.75) is 45.3 Å². The van der Waals surface area contributed by atoms with E-state index >= 15 is 0 Å². The Bertz CT molecular complexity index is 1060. The fraction of sp³-hybridized carbons (Fsp3) is 0.400. The van der Waals surface area contributed by atoms with Crippen LogP contribution >= 0.6 is 0 Å². The van der Waals surface area contributed by atoms with Gasteiger partial charge in [-0.05, 0) is 37.6 Å². The van der Waals surface area contributed by atoms with E-state index in [0.29, 0.717) is 0 Å². The summed E-state index contributed by atoms with van der Waals surface area (Å²) >= 11 is 0. The van der Waals surface area contributed by atoms with Crippen LogP contribution in [-0.2, 0) is 17.9 Å². The minimum atomic E-state index is -3.03. The summed E-state index contributed by atoms with van der Waals surface area (Å²) in [5.74, 6) is -3.57. The Labute approximate surface area is 171 Å². The van der Waals surface area contributed by atoms with Crippen molar-refractivity contribution in [3.63, 3.8) is 0 Å². The molecule has 4 rings (SSSR count). The van der Waals surface area contributed by atoms with E-state index in [-0.39, 0.29) is 24.7 Å². The van der Waals surface area contributed by atoms with Crippen LogP contribution in [0.5, 0.6) is 0 Å². The Kier molecular flexibility index (Phi) is 5.08. The Balaban J connectivity index is 1.59. The molecule has 2 aromatic heterocycles. The van der Waals surface area contributed by atoms with Crippen molar-refractivity contribution in [2.24, 2.45) is 0 Å². The van der Waals surface area contributed by atoms with Gasteiger partial charge in [0.25, 0.3) is 5.92 Å². The number of benzene rings is 1. The van der Waals surface area contributed by atoms with Gasteiger partial charge < -0.3 is 9.47 Å². The maximum atomic E-state index is 14.3. The lowest BCUT2D eigenvalue weighted by molar-refractivity contribution is -0.134.